The molecule has 1 aliphatic rings. The van der Waals surface area contributed by atoms with Crippen LogP contribution in [0.3, 0.4) is 0 Å². The van der Waals surface area contributed by atoms with Crippen LogP contribution in [-0.2, 0) is 0 Å². The Hall–Kier alpha value is -0.900. The minimum absolute atomic E-state index is 0.0563. The minimum Gasteiger partial charge on any atom is -0.390 e. The van der Waals surface area contributed by atoms with Gasteiger partial charge in [-0.25, -0.2) is 0 Å². The van der Waals surface area contributed by atoms with Gasteiger partial charge in [0.25, 0.3) is 0 Å². The third kappa shape index (κ3) is 3.35. The summed E-state index contributed by atoms with van der Waals surface area (Å²) in [7, 11) is 0. The van der Waals surface area contributed by atoms with E-state index in [-0.39, 0.29) is 12.0 Å². The van der Waals surface area contributed by atoms with Gasteiger partial charge in [0, 0.05) is 12.0 Å². The number of hydrogen-bond donors (Lipinski definition) is 3. The third-order valence-electron chi connectivity index (χ3n) is 3.92. The van der Waals surface area contributed by atoms with Crippen molar-refractivity contribution in [3.8, 4) is 0 Å². The van der Waals surface area contributed by atoms with E-state index in [0.717, 1.165) is 6.54 Å². The molecule has 1 saturated carbocycles. The largest absolute Gasteiger partial charge is 0.390 e. The highest BCUT2D eigenvalue weighted by Crippen LogP contribution is 2.35. The van der Waals surface area contributed by atoms with Crippen LogP contribution >= 0.6 is 0 Å². The van der Waals surface area contributed by atoms with E-state index in [1.807, 2.05) is 6.07 Å². The topological polar surface area (TPSA) is 52.5 Å². The zero-order valence-electron chi connectivity index (χ0n) is 12.0. The second-order valence-corrected chi connectivity index (χ2v) is 6.14. The molecule has 0 heterocycles. The van der Waals surface area contributed by atoms with Gasteiger partial charge in [0.15, 0.2) is 0 Å². The SMILES string of the molecule is Cc1cccc(C2CC(O)C(O)C2NCC(C)C)c1. The fourth-order valence-electron chi connectivity index (χ4n) is 2.90. The summed E-state index contributed by atoms with van der Waals surface area (Å²) in [4.78, 5) is 0. The molecule has 0 bridgehead atoms. The van der Waals surface area contributed by atoms with Crippen molar-refractivity contribution in [3.63, 3.8) is 0 Å². The molecule has 0 amide bonds. The van der Waals surface area contributed by atoms with Crippen LogP contribution in [0.5, 0.6) is 0 Å². The number of nitrogens with one attached hydrogen (secondary N) is 1. The van der Waals surface area contributed by atoms with Gasteiger partial charge >= 0.3 is 0 Å². The van der Waals surface area contributed by atoms with Gasteiger partial charge < -0.3 is 15.5 Å². The van der Waals surface area contributed by atoms with Crippen molar-refractivity contribution in [1.29, 1.82) is 0 Å². The van der Waals surface area contributed by atoms with Crippen LogP contribution in [0.15, 0.2) is 24.3 Å². The van der Waals surface area contributed by atoms with Crippen LogP contribution in [0.2, 0.25) is 0 Å². The van der Waals surface area contributed by atoms with E-state index in [2.05, 4.69) is 44.3 Å². The fourth-order valence-corrected chi connectivity index (χ4v) is 2.90. The van der Waals surface area contributed by atoms with Crippen LogP contribution in [0, 0.1) is 12.8 Å². The summed E-state index contributed by atoms with van der Waals surface area (Å²) < 4.78 is 0. The molecule has 3 nitrogen and oxygen atoms in total. The molecule has 0 radical (unpaired) electrons. The maximum atomic E-state index is 10.2. The van der Waals surface area contributed by atoms with Crippen molar-refractivity contribution in [3.05, 3.63) is 35.4 Å². The second-order valence-electron chi connectivity index (χ2n) is 6.14. The van der Waals surface area contributed by atoms with Crippen molar-refractivity contribution in [2.75, 3.05) is 6.54 Å². The molecule has 4 atom stereocenters. The molecular weight excluding hydrogens is 238 g/mol. The van der Waals surface area contributed by atoms with Crippen molar-refractivity contribution < 1.29 is 10.2 Å². The van der Waals surface area contributed by atoms with Gasteiger partial charge in [-0.15, -0.1) is 0 Å². The molecule has 19 heavy (non-hydrogen) atoms. The zero-order valence-corrected chi connectivity index (χ0v) is 12.0. The van der Waals surface area contributed by atoms with Gasteiger partial charge in [0.05, 0.1) is 12.2 Å². The summed E-state index contributed by atoms with van der Waals surface area (Å²) in [5, 5.41) is 23.5. The lowest BCUT2D eigenvalue weighted by atomic mass is 9.92. The highest BCUT2D eigenvalue weighted by Gasteiger charge is 2.41. The highest BCUT2D eigenvalue weighted by atomic mass is 16.3. The Bertz CT molecular complexity index is 419. The Labute approximate surface area is 115 Å². The van der Waals surface area contributed by atoms with Gasteiger partial charge in [-0.1, -0.05) is 43.7 Å². The number of aliphatic hydroxyl groups excluding tert-OH is 2. The van der Waals surface area contributed by atoms with Crippen LogP contribution in [0.4, 0.5) is 0 Å². The molecular formula is C16H25NO2. The summed E-state index contributed by atoms with van der Waals surface area (Å²) in [5.74, 6) is 0.715. The van der Waals surface area contributed by atoms with Gasteiger partial charge in [-0.3, -0.25) is 0 Å². The van der Waals surface area contributed by atoms with E-state index >= 15 is 0 Å². The van der Waals surface area contributed by atoms with Crippen LogP contribution < -0.4 is 5.32 Å². The lowest BCUT2D eigenvalue weighted by Gasteiger charge is -2.25. The monoisotopic (exact) mass is 263 g/mol. The molecule has 1 aromatic rings. The molecule has 0 saturated heterocycles. The fraction of sp³-hybridized carbons (Fsp3) is 0.625. The first kappa shape index (κ1) is 14.5. The quantitative estimate of drug-likeness (QED) is 0.776. The van der Waals surface area contributed by atoms with E-state index in [1.54, 1.807) is 0 Å². The number of aryl methyl sites for hydroxylation is 1. The standard InChI is InChI=1S/C16H25NO2/c1-10(2)9-17-15-13(8-14(18)16(15)19)12-6-4-5-11(3)7-12/h4-7,10,13-19H,8-9H2,1-3H3. The van der Waals surface area contributed by atoms with Crippen molar-refractivity contribution in [1.82, 2.24) is 5.32 Å². The molecule has 3 N–H and O–H groups in total. The van der Waals surface area contributed by atoms with Crippen molar-refractivity contribution in [2.24, 2.45) is 5.92 Å². The van der Waals surface area contributed by atoms with Gasteiger partial charge in [-0.2, -0.15) is 0 Å². The average molecular weight is 263 g/mol. The van der Waals surface area contributed by atoms with E-state index in [1.165, 1.54) is 11.1 Å². The Morgan fingerprint density at radius 3 is 2.68 bits per heavy atom. The van der Waals surface area contributed by atoms with Gasteiger partial charge in [0.1, 0.15) is 0 Å². The Balaban J connectivity index is 2.17. The highest BCUT2D eigenvalue weighted by molar-refractivity contribution is 5.29. The first-order chi connectivity index (χ1) is 8.99. The maximum absolute atomic E-state index is 10.2. The normalized spacial score (nSPS) is 31.1. The van der Waals surface area contributed by atoms with E-state index in [9.17, 15) is 10.2 Å². The lowest BCUT2D eigenvalue weighted by molar-refractivity contribution is 0.0296. The van der Waals surface area contributed by atoms with Crippen LogP contribution in [0.25, 0.3) is 0 Å². The van der Waals surface area contributed by atoms with E-state index in [4.69, 9.17) is 0 Å². The number of rotatable bonds is 4. The molecule has 1 aliphatic carbocycles. The smallest absolute Gasteiger partial charge is 0.0957 e. The summed E-state index contributed by atoms with van der Waals surface area (Å²) >= 11 is 0. The Kier molecular flexibility index (Phi) is 4.61. The minimum atomic E-state index is -0.677. The number of benzene rings is 1. The molecule has 1 aromatic carbocycles. The predicted octanol–water partition coefficient (Wildman–Crippen LogP) is 1.82. The third-order valence-corrected chi connectivity index (χ3v) is 3.92. The van der Waals surface area contributed by atoms with E-state index in [0.29, 0.717) is 12.3 Å². The summed E-state index contributed by atoms with van der Waals surface area (Å²) in [5.41, 5.74) is 2.42. The average Bonchev–Trinajstić information content (AvgIpc) is 2.63. The van der Waals surface area contributed by atoms with Crippen molar-refractivity contribution >= 4 is 0 Å². The Morgan fingerprint density at radius 1 is 1.32 bits per heavy atom. The second kappa shape index (κ2) is 6.04. The first-order valence-electron chi connectivity index (χ1n) is 7.15. The Morgan fingerprint density at radius 2 is 2.05 bits per heavy atom. The molecule has 4 unspecified atom stereocenters. The lowest BCUT2D eigenvalue weighted by Crippen LogP contribution is -2.43. The molecule has 0 spiro atoms. The van der Waals surface area contributed by atoms with Gasteiger partial charge in [-0.05, 0) is 31.4 Å². The molecule has 106 valence electrons. The van der Waals surface area contributed by atoms with Crippen LogP contribution in [0.1, 0.15) is 37.3 Å². The van der Waals surface area contributed by atoms with Gasteiger partial charge in [0.2, 0.25) is 0 Å². The maximum Gasteiger partial charge on any atom is 0.0957 e. The van der Waals surface area contributed by atoms with Crippen LogP contribution in [-0.4, -0.2) is 35.0 Å². The molecule has 0 aliphatic heterocycles. The predicted molar refractivity (Wildman–Crippen MR) is 77.2 cm³/mol. The number of hydrogen-bond acceptors (Lipinski definition) is 3. The summed E-state index contributed by atoms with van der Waals surface area (Å²) in [6.07, 6.45) is -0.681. The molecule has 0 aromatic heterocycles. The first-order valence-corrected chi connectivity index (χ1v) is 7.15. The zero-order chi connectivity index (χ0) is 14.0. The summed E-state index contributed by atoms with van der Waals surface area (Å²) in [6, 6.07) is 8.30. The summed E-state index contributed by atoms with van der Waals surface area (Å²) in [6.45, 7) is 7.22. The van der Waals surface area contributed by atoms with E-state index < -0.39 is 12.2 Å². The molecule has 1 fully saturated rings. The molecule has 3 heteroatoms. The van der Waals surface area contributed by atoms with Crippen molar-refractivity contribution in [2.45, 2.75) is 51.4 Å². The molecule has 2 rings (SSSR count). The number of aliphatic hydroxyl groups is 2.